The molecule has 2 aromatic carbocycles. The maximum absolute atomic E-state index is 3.30. The van der Waals surface area contributed by atoms with E-state index < -0.39 is 0 Å². The largest absolute Gasteiger partial charge is 0.383 e. The lowest BCUT2D eigenvalue weighted by Crippen LogP contribution is -2.08. The Balaban J connectivity index is 0.000000360. The Morgan fingerprint density at radius 3 is 1.05 bits per heavy atom. The van der Waals surface area contributed by atoms with Gasteiger partial charge in [0.2, 0.25) is 0 Å². The number of para-hydroxylation sites is 2. The van der Waals surface area contributed by atoms with Crippen LogP contribution < -0.4 is 10.6 Å². The van der Waals surface area contributed by atoms with Crippen LogP contribution in [0, 0.1) is 0 Å². The van der Waals surface area contributed by atoms with Crippen LogP contribution in [-0.4, -0.2) is 12.1 Å². The van der Waals surface area contributed by atoms with E-state index in [4.69, 9.17) is 0 Å². The highest BCUT2D eigenvalue weighted by Crippen LogP contribution is 2.06. The Morgan fingerprint density at radius 2 is 0.818 bits per heavy atom. The number of benzene rings is 2. The predicted molar refractivity (Wildman–Crippen MR) is 102 cm³/mol. The van der Waals surface area contributed by atoms with Gasteiger partial charge in [0.15, 0.2) is 0 Å². The lowest BCUT2D eigenvalue weighted by Gasteiger charge is -2.08. The molecular weight excluding hydrogens is 268 g/mol. The average molecular weight is 300 g/mol. The lowest BCUT2D eigenvalue weighted by atomic mass is 10.3. The van der Waals surface area contributed by atoms with Gasteiger partial charge in [0.1, 0.15) is 0 Å². The fraction of sp³-hybridized carbons (Fsp3) is 0.400. The molecule has 2 rings (SSSR count). The second-order valence-electron chi connectivity index (χ2n) is 5.33. The van der Waals surface area contributed by atoms with Gasteiger partial charge in [0.25, 0.3) is 0 Å². The SMILES string of the molecule is CC.CC(C)Nc1ccccc1.CC(C)Nc1ccccc1. The molecular formula is C20H32N2. The van der Waals surface area contributed by atoms with E-state index in [0.717, 1.165) is 0 Å². The van der Waals surface area contributed by atoms with Gasteiger partial charge in [0.05, 0.1) is 0 Å². The van der Waals surface area contributed by atoms with Crippen LogP contribution in [-0.2, 0) is 0 Å². The summed E-state index contributed by atoms with van der Waals surface area (Å²) in [6, 6.07) is 21.5. The second kappa shape index (κ2) is 12.8. The molecule has 0 aliphatic carbocycles. The van der Waals surface area contributed by atoms with Gasteiger partial charge in [-0.1, -0.05) is 50.2 Å². The zero-order valence-electron chi connectivity index (χ0n) is 14.9. The Morgan fingerprint density at radius 1 is 0.545 bits per heavy atom. The minimum absolute atomic E-state index is 0.516. The summed E-state index contributed by atoms with van der Waals surface area (Å²) < 4.78 is 0. The van der Waals surface area contributed by atoms with Crippen LogP contribution in [0.4, 0.5) is 11.4 Å². The Hall–Kier alpha value is -1.96. The van der Waals surface area contributed by atoms with Gasteiger partial charge in [0, 0.05) is 23.5 Å². The fourth-order valence-corrected chi connectivity index (χ4v) is 1.74. The van der Waals surface area contributed by atoms with Crippen molar-refractivity contribution in [3.05, 3.63) is 60.7 Å². The Labute approximate surface area is 137 Å². The number of rotatable bonds is 4. The molecule has 0 atom stereocenters. The number of hydrogen-bond acceptors (Lipinski definition) is 2. The summed E-state index contributed by atoms with van der Waals surface area (Å²) >= 11 is 0. The minimum atomic E-state index is 0.516. The van der Waals surface area contributed by atoms with Crippen molar-refractivity contribution >= 4 is 11.4 Å². The number of anilines is 2. The average Bonchev–Trinajstić information content (AvgIpc) is 2.51. The third kappa shape index (κ3) is 10.8. The molecule has 0 saturated carbocycles. The van der Waals surface area contributed by atoms with E-state index in [1.54, 1.807) is 0 Å². The van der Waals surface area contributed by atoms with Gasteiger partial charge in [-0.15, -0.1) is 0 Å². The predicted octanol–water partition coefficient (Wildman–Crippen LogP) is 6.04. The van der Waals surface area contributed by atoms with Crippen molar-refractivity contribution in [3.8, 4) is 0 Å². The third-order valence-corrected chi connectivity index (χ3v) is 2.46. The Kier molecular flexibility index (Phi) is 11.6. The van der Waals surface area contributed by atoms with Crippen molar-refractivity contribution < 1.29 is 0 Å². The van der Waals surface area contributed by atoms with Crippen LogP contribution in [0.3, 0.4) is 0 Å². The summed E-state index contributed by atoms with van der Waals surface area (Å²) in [5.74, 6) is 0. The quantitative estimate of drug-likeness (QED) is 0.719. The Bertz CT molecular complexity index is 404. The molecule has 0 aliphatic rings. The van der Waals surface area contributed by atoms with Crippen LogP contribution >= 0.6 is 0 Å². The van der Waals surface area contributed by atoms with Gasteiger partial charge < -0.3 is 10.6 Å². The third-order valence-electron chi connectivity index (χ3n) is 2.46. The van der Waals surface area contributed by atoms with Crippen molar-refractivity contribution in [2.45, 2.75) is 53.6 Å². The highest BCUT2D eigenvalue weighted by Gasteiger charge is 1.91. The molecule has 2 aromatic rings. The van der Waals surface area contributed by atoms with Crippen molar-refractivity contribution in [3.63, 3.8) is 0 Å². The molecule has 0 amide bonds. The fourth-order valence-electron chi connectivity index (χ4n) is 1.74. The van der Waals surface area contributed by atoms with E-state index in [2.05, 4.69) is 62.6 Å². The number of hydrogen-bond donors (Lipinski definition) is 2. The van der Waals surface area contributed by atoms with Crippen LogP contribution in [0.2, 0.25) is 0 Å². The minimum Gasteiger partial charge on any atom is -0.383 e. The molecule has 0 radical (unpaired) electrons. The topological polar surface area (TPSA) is 24.1 Å². The molecule has 122 valence electrons. The summed E-state index contributed by atoms with van der Waals surface area (Å²) in [5.41, 5.74) is 2.38. The standard InChI is InChI=1S/2C9H13N.C2H6/c2*1-8(2)10-9-6-4-3-5-7-9;1-2/h2*3-8,10H,1-2H3;1-2H3. The van der Waals surface area contributed by atoms with Gasteiger partial charge in [-0.05, 0) is 52.0 Å². The number of nitrogens with one attached hydrogen (secondary N) is 2. The monoisotopic (exact) mass is 300 g/mol. The van der Waals surface area contributed by atoms with E-state index in [-0.39, 0.29) is 0 Å². The summed E-state index contributed by atoms with van der Waals surface area (Å²) in [4.78, 5) is 0. The summed E-state index contributed by atoms with van der Waals surface area (Å²) in [5, 5.41) is 6.61. The van der Waals surface area contributed by atoms with E-state index >= 15 is 0 Å². The summed E-state index contributed by atoms with van der Waals surface area (Å²) in [7, 11) is 0. The molecule has 0 bridgehead atoms. The molecule has 0 saturated heterocycles. The molecule has 0 aliphatic heterocycles. The zero-order valence-corrected chi connectivity index (χ0v) is 14.9. The summed E-state index contributed by atoms with van der Waals surface area (Å²) in [6.45, 7) is 12.5. The van der Waals surface area contributed by atoms with E-state index in [1.165, 1.54) is 11.4 Å². The van der Waals surface area contributed by atoms with Crippen molar-refractivity contribution in [1.82, 2.24) is 0 Å². The second-order valence-corrected chi connectivity index (χ2v) is 5.33. The first-order valence-electron chi connectivity index (χ1n) is 8.21. The van der Waals surface area contributed by atoms with E-state index in [0.29, 0.717) is 12.1 Å². The van der Waals surface area contributed by atoms with Crippen molar-refractivity contribution in [2.24, 2.45) is 0 Å². The van der Waals surface area contributed by atoms with Crippen LogP contribution in [0.5, 0.6) is 0 Å². The van der Waals surface area contributed by atoms with Crippen molar-refractivity contribution in [2.75, 3.05) is 10.6 Å². The smallest absolute Gasteiger partial charge is 0.0342 e. The molecule has 2 heteroatoms. The summed E-state index contributed by atoms with van der Waals surface area (Å²) in [6.07, 6.45) is 0. The van der Waals surface area contributed by atoms with Crippen LogP contribution in [0.1, 0.15) is 41.5 Å². The normalized spacial score (nSPS) is 9.27. The van der Waals surface area contributed by atoms with Crippen LogP contribution in [0.25, 0.3) is 0 Å². The molecule has 0 unspecified atom stereocenters. The first-order valence-corrected chi connectivity index (χ1v) is 8.21. The van der Waals surface area contributed by atoms with Gasteiger partial charge in [-0.25, -0.2) is 0 Å². The molecule has 0 spiro atoms. The highest BCUT2D eigenvalue weighted by molar-refractivity contribution is 5.43. The molecule has 0 heterocycles. The lowest BCUT2D eigenvalue weighted by molar-refractivity contribution is 0.899. The molecule has 0 aromatic heterocycles. The molecule has 22 heavy (non-hydrogen) atoms. The first kappa shape index (κ1) is 20.0. The first-order chi connectivity index (χ1) is 10.6. The van der Waals surface area contributed by atoms with Crippen LogP contribution in [0.15, 0.2) is 60.7 Å². The molecule has 0 fully saturated rings. The van der Waals surface area contributed by atoms with Gasteiger partial charge in [-0.3, -0.25) is 0 Å². The van der Waals surface area contributed by atoms with E-state index in [9.17, 15) is 0 Å². The van der Waals surface area contributed by atoms with Gasteiger partial charge >= 0.3 is 0 Å². The molecule has 2 N–H and O–H groups in total. The molecule has 2 nitrogen and oxygen atoms in total. The van der Waals surface area contributed by atoms with Gasteiger partial charge in [-0.2, -0.15) is 0 Å². The zero-order chi connectivity index (χ0) is 16.8. The highest BCUT2D eigenvalue weighted by atomic mass is 14.9. The van der Waals surface area contributed by atoms with E-state index in [1.807, 2.05) is 50.2 Å². The van der Waals surface area contributed by atoms with Crippen molar-refractivity contribution in [1.29, 1.82) is 0 Å². The maximum Gasteiger partial charge on any atom is 0.0342 e. The maximum atomic E-state index is 3.30.